The number of nitrogens with zero attached hydrogens (tertiary/aromatic N) is 2. The molecule has 0 atom stereocenters. The molecule has 0 aliphatic carbocycles. The molecule has 0 aromatic heterocycles. The van der Waals surface area contributed by atoms with Crippen LogP contribution in [0.5, 0.6) is 5.75 Å². The van der Waals surface area contributed by atoms with Gasteiger partial charge in [-0.3, -0.25) is 9.69 Å². The summed E-state index contributed by atoms with van der Waals surface area (Å²) < 4.78 is 80.8. The molecule has 0 unspecified atom stereocenters. The summed E-state index contributed by atoms with van der Waals surface area (Å²) in [6, 6.07) is 21.4. The molecule has 4 aromatic rings. The number of piperidine rings is 1. The van der Waals surface area contributed by atoms with Gasteiger partial charge < -0.3 is 25.2 Å². The number of anilines is 1. The minimum absolute atomic E-state index is 0.0804. The number of fused-ring (bicyclic) bond motifs is 1. The molecular weight excluding hydrogens is 700 g/mol. The number of nitrogens with two attached hydrogens (primary N) is 1. The van der Waals surface area contributed by atoms with Gasteiger partial charge in [0.15, 0.2) is 0 Å². The highest BCUT2D eigenvalue weighted by Gasteiger charge is 2.33. The highest BCUT2D eigenvalue weighted by Crippen LogP contribution is 2.38. The number of benzene rings is 4. The van der Waals surface area contributed by atoms with Crippen molar-refractivity contribution in [3.05, 3.63) is 101 Å². The Balaban J connectivity index is 0.000000250. The molecule has 3 N–H and O–H groups in total. The zero-order valence-corrected chi connectivity index (χ0v) is 29.8. The lowest BCUT2D eigenvalue weighted by Crippen LogP contribution is -2.38. The average molecular weight is 746 g/mol. The number of aryl methyl sites for hydroxylation is 2. The van der Waals surface area contributed by atoms with E-state index in [2.05, 4.69) is 22.4 Å². The molecule has 2 aliphatic rings. The van der Waals surface area contributed by atoms with Gasteiger partial charge in [0.1, 0.15) is 11.6 Å². The Morgan fingerprint density at radius 2 is 1.60 bits per heavy atom. The molecule has 0 saturated carbocycles. The maximum absolute atomic E-state index is 13.9. The van der Waals surface area contributed by atoms with E-state index in [9.17, 15) is 31.1 Å². The molecule has 2 fully saturated rings. The molecule has 286 valence electrons. The van der Waals surface area contributed by atoms with E-state index < -0.39 is 18.6 Å². The first-order valence-electron chi connectivity index (χ1n) is 17.2. The van der Waals surface area contributed by atoms with Crippen LogP contribution < -0.4 is 15.4 Å². The van der Waals surface area contributed by atoms with Crippen molar-refractivity contribution in [3.63, 3.8) is 0 Å². The highest BCUT2D eigenvalue weighted by molar-refractivity contribution is 5.99. The van der Waals surface area contributed by atoms with Crippen LogP contribution in [-0.2, 0) is 22.5 Å². The maximum atomic E-state index is 13.9. The monoisotopic (exact) mass is 745 g/mol. The van der Waals surface area contributed by atoms with E-state index in [-0.39, 0.29) is 30.8 Å². The molecule has 13 heteroatoms. The van der Waals surface area contributed by atoms with Crippen molar-refractivity contribution in [3.8, 4) is 16.9 Å². The molecule has 0 amide bonds. The third kappa shape index (κ3) is 11.6. The van der Waals surface area contributed by atoms with Gasteiger partial charge >= 0.3 is 12.6 Å². The van der Waals surface area contributed by atoms with Gasteiger partial charge in [0.05, 0.1) is 20.3 Å². The van der Waals surface area contributed by atoms with Gasteiger partial charge in [-0.05, 0) is 70.6 Å². The second-order valence-corrected chi connectivity index (χ2v) is 12.9. The lowest BCUT2D eigenvalue weighted by atomic mass is 9.93. The third-order valence-electron chi connectivity index (χ3n) is 9.14. The van der Waals surface area contributed by atoms with E-state index >= 15 is 0 Å². The van der Waals surface area contributed by atoms with Crippen LogP contribution in [0.2, 0.25) is 0 Å². The minimum atomic E-state index is -3.67. The summed E-state index contributed by atoms with van der Waals surface area (Å²) in [5, 5.41) is 11.1. The van der Waals surface area contributed by atoms with Crippen LogP contribution in [0.3, 0.4) is 0 Å². The fourth-order valence-electron chi connectivity index (χ4n) is 6.57. The number of hydrogen-bond donors (Lipinski definition) is 2. The Hall–Kier alpha value is -4.75. The Morgan fingerprint density at radius 1 is 0.962 bits per heavy atom. The van der Waals surface area contributed by atoms with Gasteiger partial charge in [-0.15, -0.1) is 0 Å². The van der Waals surface area contributed by atoms with Crippen molar-refractivity contribution >= 4 is 28.1 Å². The van der Waals surface area contributed by atoms with E-state index in [1.807, 2.05) is 61.5 Å². The summed E-state index contributed by atoms with van der Waals surface area (Å²) in [5.41, 5.74) is 12.0. The summed E-state index contributed by atoms with van der Waals surface area (Å²) in [6.45, 7) is 6.12. The van der Waals surface area contributed by atoms with Crippen LogP contribution in [0.15, 0.2) is 73.3 Å². The number of alkyl halides is 5. The van der Waals surface area contributed by atoms with E-state index in [1.54, 1.807) is 7.11 Å². The quantitative estimate of drug-likeness (QED) is 0.166. The number of methoxy groups -OCH3 is 1. The summed E-state index contributed by atoms with van der Waals surface area (Å²) in [4.78, 5) is 15.2. The van der Waals surface area contributed by atoms with Crippen molar-refractivity contribution in [1.82, 2.24) is 4.90 Å². The van der Waals surface area contributed by atoms with Gasteiger partial charge in [-0.1, -0.05) is 49.0 Å². The smallest absolute Gasteiger partial charge is 0.379 e. The van der Waals surface area contributed by atoms with Crippen LogP contribution in [0.1, 0.15) is 41.5 Å². The molecule has 4 aromatic carbocycles. The summed E-state index contributed by atoms with van der Waals surface area (Å²) in [7, 11) is 1.63. The number of ether oxygens (including phenoxy) is 2. The lowest BCUT2D eigenvalue weighted by molar-refractivity contribution is -0.136. The topological polar surface area (TPSA) is 88.3 Å². The average Bonchev–Trinajstić information content (AvgIpc) is 3.11. The molecule has 0 radical (unpaired) electrons. The zero-order valence-electron chi connectivity index (χ0n) is 29.8. The van der Waals surface area contributed by atoms with Gasteiger partial charge in [-0.25, -0.2) is 13.2 Å². The number of hydrogen-bond acceptors (Lipinski definition) is 6. The number of likely N-dealkylation sites (tertiary alicyclic amines) is 1. The number of halogens is 6. The molecule has 6 rings (SSSR count). The van der Waals surface area contributed by atoms with Gasteiger partial charge in [0.25, 0.3) is 5.92 Å². The van der Waals surface area contributed by atoms with Crippen molar-refractivity contribution < 1.29 is 45.7 Å². The molecule has 7 nitrogen and oxygen atoms in total. The second-order valence-electron chi connectivity index (χ2n) is 12.9. The predicted molar refractivity (Wildman–Crippen MR) is 196 cm³/mol. The molecule has 2 heterocycles. The van der Waals surface area contributed by atoms with E-state index in [4.69, 9.17) is 20.3 Å². The second kappa shape index (κ2) is 18.8. The predicted octanol–water partition coefficient (Wildman–Crippen LogP) is 8.84. The van der Waals surface area contributed by atoms with Crippen molar-refractivity contribution in [2.24, 2.45) is 5.73 Å². The number of morpholine rings is 1. The lowest BCUT2D eigenvalue weighted by Gasteiger charge is -2.31. The molecule has 2 aliphatic heterocycles. The first-order valence-corrected chi connectivity index (χ1v) is 17.2. The van der Waals surface area contributed by atoms with Crippen LogP contribution in [0.4, 0.5) is 32.0 Å². The van der Waals surface area contributed by atoms with Crippen molar-refractivity contribution in [2.75, 3.05) is 51.4 Å². The SMILES string of the molecule is C=C(N)c1c(C)cc(N2CCOCC2)cc1F.COc1ccc(CN2CCC(F)(F)CC2)cc1-c1cccc2c(CCC(=O)O)cccc12.FC(F)F. The summed E-state index contributed by atoms with van der Waals surface area (Å²) >= 11 is 0. The molecular formula is C40H45F6N3O4. The highest BCUT2D eigenvalue weighted by atomic mass is 19.4. The van der Waals surface area contributed by atoms with E-state index in [1.165, 1.54) is 6.07 Å². The number of carboxylic acids is 1. The zero-order chi connectivity index (χ0) is 38.7. The third-order valence-corrected chi connectivity index (χ3v) is 9.14. The minimum Gasteiger partial charge on any atom is -0.496 e. The van der Waals surface area contributed by atoms with E-state index in [0.29, 0.717) is 44.8 Å². The van der Waals surface area contributed by atoms with Crippen molar-refractivity contribution in [2.45, 2.75) is 51.8 Å². The number of aliphatic carboxylic acids is 1. The molecule has 0 bridgehead atoms. The maximum Gasteiger partial charge on any atom is 0.379 e. The van der Waals surface area contributed by atoms with E-state index in [0.717, 1.165) is 63.1 Å². The Morgan fingerprint density at radius 3 is 2.21 bits per heavy atom. The number of rotatable bonds is 9. The molecule has 2 saturated heterocycles. The van der Waals surface area contributed by atoms with Crippen LogP contribution in [-0.4, -0.2) is 75.1 Å². The molecule has 0 spiro atoms. The standard InChI is InChI=1S/C26H27F2NO3.C13H17FN2O.CHF3/c1-32-24-10-8-18(17-29-14-12-26(27,28)13-15-29)16-23(24)22-7-3-5-20-19(9-11-25(30)31)4-2-6-21(20)22;1-9-7-11(16-3-5-17-6-4-16)8-12(14)13(9)10(2)15;2-1(3)4/h2-8,10,16H,9,11-15,17H2,1H3,(H,30,31);7-8H,2-6,15H2,1H3;1H. The van der Waals surface area contributed by atoms with Gasteiger partial charge in [-0.2, -0.15) is 13.2 Å². The van der Waals surface area contributed by atoms with Crippen LogP contribution in [0, 0.1) is 12.7 Å². The normalized spacial score (nSPS) is 15.6. The van der Waals surface area contributed by atoms with Gasteiger partial charge in [0, 0.05) is 74.5 Å². The fourth-order valence-corrected chi connectivity index (χ4v) is 6.57. The largest absolute Gasteiger partial charge is 0.496 e. The molecule has 53 heavy (non-hydrogen) atoms. The van der Waals surface area contributed by atoms with Crippen molar-refractivity contribution in [1.29, 1.82) is 0 Å². The first-order chi connectivity index (χ1) is 25.2. The Labute approximate surface area is 305 Å². The number of carbonyl (C=O) groups is 1. The Kier molecular flexibility index (Phi) is 14.6. The van der Waals surface area contributed by atoms with Crippen LogP contribution >= 0.6 is 0 Å². The summed E-state index contributed by atoms with van der Waals surface area (Å²) in [5.74, 6) is -2.94. The first kappa shape index (κ1) is 41.0. The summed E-state index contributed by atoms with van der Waals surface area (Å²) in [6.07, 6.45) is 0.348. The number of carboxylic acid groups (broad SMARTS) is 1. The van der Waals surface area contributed by atoms with Gasteiger partial charge in [0.2, 0.25) is 0 Å². The fraction of sp³-hybridized carbons (Fsp3) is 0.375. The van der Waals surface area contributed by atoms with Crippen LogP contribution in [0.25, 0.3) is 27.6 Å². The Bertz CT molecular complexity index is 1830.